The topological polar surface area (TPSA) is 68.0 Å². The van der Waals surface area contributed by atoms with Gasteiger partial charge in [-0.3, -0.25) is 4.79 Å². The van der Waals surface area contributed by atoms with Crippen molar-refractivity contribution in [3.8, 4) is 0 Å². The minimum Gasteiger partial charge on any atom is -0.386 e. The zero-order valence-corrected chi connectivity index (χ0v) is 18.6. The third-order valence-corrected chi connectivity index (χ3v) is 9.96. The van der Waals surface area contributed by atoms with E-state index in [4.69, 9.17) is 0 Å². The molecule has 1 aromatic heterocycles. The average Bonchev–Trinajstić information content (AvgIpc) is 3.34. The zero-order valence-electron chi connectivity index (χ0n) is 18.6. The molecule has 1 heterocycles. The maximum atomic E-state index is 13.2. The highest BCUT2D eigenvalue weighted by atomic mass is 16.3. The van der Waals surface area contributed by atoms with Gasteiger partial charge in [-0.2, -0.15) is 15.0 Å². The van der Waals surface area contributed by atoms with Crippen molar-refractivity contribution in [1.82, 2.24) is 15.0 Å². The second-order valence-corrected chi connectivity index (χ2v) is 11.2. The van der Waals surface area contributed by atoms with Crippen LogP contribution in [0.1, 0.15) is 71.6 Å². The molecule has 1 aromatic rings. The second-order valence-electron chi connectivity index (χ2n) is 11.2. The lowest BCUT2D eigenvalue weighted by Crippen LogP contribution is -2.51. The molecule has 4 fully saturated rings. The van der Waals surface area contributed by atoms with Gasteiger partial charge in [0, 0.05) is 5.92 Å². The SMILES string of the molecule is C=C(C)[C@@]1(O)CC[C@H]2[C@H](CC[C@@H]3[C@@H]2CC[C@]2(C)[C@@H](C(=O)Cn4nccn4)CC[C@@H]32)C1. The van der Waals surface area contributed by atoms with Gasteiger partial charge < -0.3 is 5.11 Å². The van der Waals surface area contributed by atoms with E-state index in [1.54, 1.807) is 17.2 Å². The van der Waals surface area contributed by atoms with Gasteiger partial charge in [0.15, 0.2) is 5.78 Å². The molecule has 0 aromatic carbocycles. The molecule has 1 N–H and O–H groups in total. The van der Waals surface area contributed by atoms with Gasteiger partial charge in [0.2, 0.25) is 0 Å². The number of hydrogen-bond donors (Lipinski definition) is 1. The fourth-order valence-electron chi connectivity index (χ4n) is 8.37. The molecule has 5 rings (SSSR count). The number of fused-ring (bicyclic) bond motifs is 5. The Morgan fingerprint density at radius 3 is 2.53 bits per heavy atom. The monoisotopic (exact) mass is 411 g/mol. The fourth-order valence-corrected chi connectivity index (χ4v) is 8.37. The summed E-state index contributed by atoms with van der Waals surface area (Å²) in [5.74, 6) is 4.13. The summed E-state index contributed by atoms with van der Waals surface area (Å²) in [5.41, 5.74) is 0.455. The van der Waals surface area contributed by atoms with Crippen molar-refractivity contribution in [2.75, 3.05) is 0 Å². The predicted octanol–water partition coefficient (Wildman–Crippen LogP) is 4.42. The van der Waals surface area contributed by atoms with Crippen LogP contribution in [0.2, 0.25) is 0 Å². The molecule has 0 unspecified atom stereocenters. The highest BCUT2D eigenvalue weighted by Crippen LogP contribution is 2.64. The van der Waals surface area contributed by atoms with Crippen molar-refractivity contribution in [3.05, 3.63) is 24.5 Å². The summed E-state index contributed by atoms with van der Waals surface area (Å²) >= 11 is 0. The highest BCUT2D eigenvalue weighted by Gasteiger charge is 2.59. The van der Waals surface area contributed by atoms with Crippen LogP contribution >= 0.6 is 0 Å². The van der Waals surface area contributed by atoms with E-state index in [1.807, 2.05) is 6.92 Å². The molecule has 8 atom stereocenters. The Hall–Kier alpha value is -1.49. The van der Waals surface area contributed by atoms with Gasteiger partial charge in [-0.15, -0.1) is 0 Å². The lowest BCUT2D eigenvalue weighted by molar-refractivity contribution is -0.132. The average molecular weight is 412 g/mol. The number of carbonyl (C=O) groups is 1. The molecule has 4 aliphatic rings. The number of Topliss-reactive ketones (excluding diaryl/α,β-unsaturated/α-hetero) is 1. The minimum atomic E-state index is -0.636. The molecule has 164 valence electrons. The normalized spacial score (nSPS) is 45.3. The molecule has 4 aliphatic carbocycles. The van der Waals surface area contributed by atoms with Crippen molar-refractivity contribution in [2.45, 2.75) is 83.8 Å². The van der Waals surface area contributed by atoms with Gasteiger partial charge in [-0.25, -0.2) is 0 Å². The molecular weight excluding hydrogens is 374 g/mol. The van der Waals surface area contributed by atoms with Gasteiger partial charge in [0.25, 0.3) is 0 Å². The van der Waals surface area contributed by atoms with E-state index in [9.17, 15) is 9.90 Å². The molecule has 5 heteroatoms. The fraction of sp³-hybridized carbons (Fsp3) is 0.800. The van der Waals surface area contributed by atoms with Crippen LogP contribution in [-0.4, -0.2) is 31.5 Å². The Morgan fingerprint density at radius 2 is 1.80 bits per heavy atom. The Balaban J connectivity index is 1.31. The predicted molar refractivity (Wildman–Crippen MR) is 115 cm³/mol. The van der Waals surface area contributed by atoms with Crippen LogP contribution in [0.5, 0.6) is 0 Å². The lowest BCUT2D eigenvalue weighted by atomic mass is 9.48. The minimum absolute atomic E-state index is 0.144. The van der Waals surface area contributed by atoms with Crippen LogP contribution in [0.15, 0.2) is 24.5 Å². The summed E-state index contributed by atoms with van der Waals surface area (Å²) in [5, 5.41) is 19.3. The smallest absolute Gasteiger partial charge is 0.159 e. The first-order chi connectivity index (χ1) is 14.3. The quantitative estimate of drug-likeness (QED) is 0.745. The number of aromatic nitrogens is 3. The maximum absolute atomic E-state index is 13.2. The van der Waals surface area contributed by atoms with Gasteiger partial charge in [0.1, 0.15) is 6.54 Å². The summed E-state index contributed by atoms with van der Waals surface area (Å²) in [6, 6.07) is 0. The van der Waals surface area contributed by atoms with Crippen molar-refractivity contribution >= 4 is 5.78 Å². The number of carbonyl (C=O) groups excluding carboxylic acids is 1. The molecule has 0 saturated heterocycles. The van der Waals surface area contributed by atoms with E-state index in [0.717, 1.165) is 49.0 Å². The number of hydrogen-bond acceptors (Lipinski definition) is 4. The van der Waals surface area contributed by atoms with Gasteiger partial charge in [-0.1, -0.05) is 13.5 Å². The third-order valence-electron chi connectivity index (χ3n) is 9.96. The zero-order chi connectivity index (χ0) is 21.1. The molecule has 4 saturated carbocycles. The molecule has 0 amide bonds. The van der Waals surface area contributed by atoms with Crippen LogP contribution in [0.3, 0.4) is 0 Å². The first kappa shape index (κ1) is 20.4. The molecule has 30 heavy (non-hydrogen) atoms. The molecule has 0 radical (unpaired) electrons. The lowest BCUT2D eigenvalue weighted by Gasteiger charge is -2.57. The van der Waals surface area contributed by atoms with Crippen molar-refractivity contribution < 1.29 is 9.90 Å². The Bertz CT molecular complexity index is 820. The van der Waals surface area contributed by atoms with Gasteiger partial charge in [-0.05, 0) is 105 Å². The number of rotatable bonds is 4. The van der Waals surface area contributed by atoms with Crippen LogP contribution in [0.25, 0.3) is 0 Å². The summed E-state index contributed by atoms with van der Waals surface area (Å²) in [4.78, 5) is 14.7. The first-order valence-corrected chi connectivity index (χ1v) is 12.1. The Morgan fingerprint density at radius 1 is 1.07 bits per heavy atom. The Labute approximate surface area is 180 Å². The first-order valence-electron chi connectivity index (χ1n) is 12.1. The standard InChI is InChI=1S/C25H37N3O2/c1-16(2)25(30)11-9-18-17(14-25)4-5-20-19(18)8-10-24(3)21(20)6-7-22(24)23(29)15-28-26-12-13-27-28/h12-13,17-22,30H,1,4-11,14-15H2,2-3H3/t17-,18+,19-,20-,21+,22-,24+,25-/m1/s1. The molecule has 0 aliphatic heterocycles. The van der Waals surface area contributed by atoms with Crippen molar-refractivity contribution in [1.29, 1.82) is 0 Å². The van der Waals surface area contributed by atoms with Crippen LogP contribution in [0.4, 0.5) is 0 Å². The van der Waals surface area contributed by atoms with Crippen LogP contribution < -0.4 is 0 Å². The summed E-state index contributed by atoms with van der Waals surface area (Å²) in [6.07, 6.45) is 13.4. The largest absolute Gasteiger partial charge is 0.386 e. The number of aliphatic hydroxyl groups is 1. The maximum Gasteiger partial charge on any atom is 0.159 e. The van der Waals surface area contributed by atoms with Crippen molar-refractivity contribution in [2.24, 2.45) is 40.9 Å². The van der Waals surface area contributed by atoms with Gasteiger partial charge >= 0.3 is 0 Å². The third kappa shape index (κ3) is 3.11. The number of nitrogens with zero attached hydrogens (tertiary/aromatic N) is 3. The van der Waals surface area contributed by atoms with Crippen LogP contribution in [-0.2, 0) is 11.3 Å². The van der Waals surface area contributed by atoms with E-state index >= 15 is 0 Å². The van der Waals surface area contributed by atoms with Crippen LogP contribution in [0, 0.1) is 40.9 Å². The summed E-state index contributed by atoms with van der Waals surface area (Å²) < 4.78 is 0. The second kappa shape index (κ2) is 7.29. The van der Waals surface area contributed by atoms with E-state index in [0.29, 0.717) is 24.2 Å². The molecule has 5 nitrogen and oxygen atoms in total. The Kier molecular flexibility index (Phi) is 4.96. The number of ketones is 1. The van der Waals surface area contributed by atoms with E-state index in [1.165, 1.54) is 32.1 Å². The molecular formula is C25H37N3O2. The van der Waals surface area contributed by atoms with E-state index < -0.39 is 5.60 Å². The van der Waals surface area contributed by atoms with Crippen molar-refractivity contribution in [3.63, 3.8) is 0 Å². The molecule has 0 spiro atoms. The summed E-state index contributed by atoms with van der Waals surface area (Å²) in [7, 11) is 0. The van der Waals surface area contributed by atoms with Gasteiger partial charge in [0.05, 0.1) is 18.0 Å². The highest BCUT2D eigenvalue weighted by molar-refractivity contribution is 5.81. The summed E-state index contributed by atoms with van der Waals surface area (Å²) in [6.45, 7) is 8.80. The molecule has 0 bridgehead atoms. The van der Waals surface area contributed by atoms with E-state index in [-0.39, 0.29) is 11.3 Å². The van der Waals surface area contributed by atoms with E-state index in [2.05, 4.69) is 23.7 Å².